The molecule has 33 heavy (non-hydrogen) atoms. The van der Waals surface area contributed by atoms with Crippen molar-refractivity contribution < 1.29 is 35.9 Å². The molecule has 1 aromatic heterocycles. The topological polar surface area (TPSA) is 50.6 Å². The first-order valence-corrected chi connectivity index (χ1v) is 11.3. The summed E-state index contributed by atoms with van der Waals surface area (Å²) in [6.07, 6.45) is -11.3. The van der Waals surface area contributed by atoms with Crippen molar-refractivity contribution in [2.45, 2.75) is 70.1 Å². The fourth-order valence-corrected chi connectivity index (χ4v) is 5.42. The number of ether oxygens (including phenoxy) is 1. The maximum absolute atomic E-state index is 12.7. The summed E-state index contributed by atoms with van der Waals surface area (Å²) < 4.78 is 82.1. The fraction of sp³-hybridized carbons (Fsp3) is 0.810. The monoisotopic (exact) mass is 482 g/mol. The first-order chi connectivity index (χ1) is 15.4. The van der Waals surface area contributed by atoms with E-state index in [0.29, 0.717) is 25.7 Å². The van der Waals surface area contributed by atoms with E-state index in [4.69, 9.17) is 0 Å². The lowest BCUT2D eigenvalue weighted by Gasteiger charge is -2.27. The summed E-state index contributed by atoms with van der Waals surface area (Å²) in [6, 6.07) is 2.46. The number of hydrogen-bond acceptors (Lipinski definition) is 4. The number of halogens is 6. The number of nitrogens with zero attached hydrogens (tertiary/aromatic N) is 4. The van der Waals surface area contributed by atoms with Gasteiger partial charge in [0.15, 0.2) is 0 Å². The minimum atomic E-state index is -5.71. The molecule has 0 aromatic carbocycles. The van der Waals surface area contributed by atoms with Crippen molar-refractivity contribution >= 4 is 6.09 Å². The van der Waals surface area contributed by atoms with E-state index in [1.807, 2.05) is 6.92 Å². The van der Waals surface area contributed by atoms with Crippen molar-refractivity contribution in [1.29, 1.82) is 0 Å². The molecule has 2 saturated heterocycles. The Morgan fingerprint density at radius 2 is 1.61 bits per heavy atom. The van der Waals surface area contributed by atoms with Crippen LogP contribution < -0.4 is 0 Å². The zero-order chi connectivity index (χ0) is 24.0. The van der Waals surface area contributed by atoms with Gasteiger partial charge in [-0.15, -0.1) is 0 Å². The number of rotatable bonds is 4. The van der Waals surface area contributed by atoms with Gasteiger partial charge in [0.2, 0.25) is 0 Å². The molecule has 0 bridgehead atoms. The van der Waals surface area contributed by atoms with Gasteiger partial charge in [-0.1, -0.05) is 19.3 Å². The molecule has 3 aliphatic rings. The third-order valence-corrected chi connectivity index (χ3v) is 6.87. The molecule has 2 atom stereocenters. The minimum absolute atomic E-state index is 0.0140. The number of likely N-dealkylation sites (tertiary alicyclic amines) is 2. The molecule has 12 heteroatoms. The van der Waals surface area contributed by atoms with Crippen LogP contribution in [0.3, 0.4) is 0 Å². The molecule has 2 aliphatic heterocycles. The second-order valence-electron chi connectivity index (χ2n) is 9.48. The lowest BCUT2D eigenvalue weighted by atomic mass is 9.95. The van der Waals surface area contributed by atoms with E-state index >= 15 is 0 Å². The first-order valence-electron chi connectivity index (χ1n) is 11.3. The van der Waals surface area contributed by atoms with Crippen molar-refractivity contribution in [3.63, 3.8) is 0 Å². The molecule has 0 spiro atoms. The Bertz CT molecular complexity index is 821. The normalized spacial score (nSPS) is 25.2. The van der Waals surface area contributed by atoms with E-state index in [2.05, 4.69) is 25.5 Å². The van der Waals surface area contributed by atoms with Crippen molar-refractivity contribution in [3.8, 4) is 0 Å². The third-order valence-electron chi connectivity index (χ3n) is 6.87. The van der Waals surface area contributed by atoms with Gasteiger partial charge in [0.25, 0.3) is 6.10 Å². The first kappa shape index (κ1) is 24.2. The zero-order valence-electron chi connectivity index (χ0n) is 18.3. The van der Waals surface area contributed by atoms with Gasteiger partial charge < -0.3 is 9.64 Å². The fourth-order valence-electron chi connectivity index (χ4n) is 5.42. The van der Waals surface area contributed by atoms with Crippen molar-refractivity contribution in [2.24, 2.45) is 11.8 Å². The molecular formula is C21H28F6N4O2. The highest BCUT2D eigenvalue weighted by Gasteiger charge is 2.60. The zero-order valence-corrected chi connectivity index (χ0v) is 18.3. The van der Waals surface area contributed by atoms with Gasteiger partial charge in [-0.2, -0.15) is 31.4 Å². The summed E-state index contributed by atoms with van der Waals surface area (Å²) in [6.45, 7) is 4.04. The van der Waals surface area contributed by atoms with Gasteiger partial charge in [0.05, 0.1) is 17.4 Å². The quantitative estimate of drug-likeness (QED) is 0.585. The van der Waals surface area contributed by atoms with Crippen LogP contribution in [0.2, 0.25) is 0 Å². The van der Waals surface area contributed by atoms with Crippen LogP contribution in [0.1, 0.15) is 49.5 Å². The predicted octanol–water partition coefficient (Wildman–Crippen LogP) is 4.69. The second kappa shape index (κ2) is 8.99. The van der Waals surface area contributed by atoms with E-state index in [1.165, 1.54) is 19.3 Å². The minimum Gasteiger partial charge on any atom is -0.426 e. The number of aryl methyl sites for hydroxylation is 1. The summed E-state index contributed by atoms with van der Waals surface area (Å²) in [5.74, 6) is -0.0279. The molecule has 6 nitrogen and oxygen atoms in total. The Balaban J connectivity index is 1.33. The molecular weight excluding hydrogens is 454 g/mol. The maximum atomic E-state index is 12.7. The largest absolute Gasteiger partial charge is 0.434 e. The molecule has 1 saturated carbocycles. The SMILES string of the molecule is Cc1cc(CN2CC3CN(C(=O)OC(C(F)(F)F)C(F)(F)F)CC3C2)n(C2CCCCC2)n1. The molecule has 2 unspecified atom stereocenters. The Hall–Kier alpha value is -1.98. The average Bonchev–Trinajstić information content (AvgIpc) is 3.38. The molecule has 0 radical (unpaired) electrons. The summed E-state index contributed by atoms with van der Waals surface area (Å²) in [5, 5.41) is 4.69. The number of alkyl halides is 6. The molecule has 1 aliphatic carbocycles. The summed E-state index contributed by atoms with van der Waals surface area (Å²) in [4.78, 5) is 15.2. The van der Waals surface area contributed by atoms with E-state index < -0.39 is 24.5 Å². The lowest BCUT2D eigenvalue weighted by molar-refractivity contribution is -0.308. The van der Waals surface area contributed by atoms with Crippen LogP contribution in [0.25, 0.3) is 0 Å². The lowest BCUT2D eigenvalue weighted by Crippen LogP contribution is -2.48. The molecule has 1 amide bonds. The van der Waals surface area contributed by atoms with Crippen molar-refractivity contribution in [2.75, 3.05) is 26.2 Å². The smallest absolute Gasteiger partial charge is 0.426 e. The van der Waals surface area contributed by atoms with Gasteiger partial charge in [-0.3, -0.25) is 9.58 Å². The van der Waals surface area contributed by atoms with Crippen LogP contribution in [0.5, 0.6) is 0 Å². The number of fused-ring (bicyclic) bond motifs is 1. The number of carbonyl (C=O) groups excluding carboxylic acids is 1. The van der Waals surface area contributed by atoms with Crippen LogP contribution in [0.4, 0.5) is 31.1 Å². The van der Waals surface area contributed by atoms with Crippen molar-refractivity contribution in [1.82, 2.24) is 19.6 Å². The van der Waals surface area contributed by atoms with Gasteiger partial charge in [-0.25, -0.2) is 4.79 Å². The summed E-state index contributed by atoms with van der Waals surface area (Å²) >= 11 is 0. The number of hydrogen-bond donors (Lipinski definition) is 0. The van der Waals surface area contributed by atoms with Crippen LogP contribution in [0, 0.1) is 18.8 Å². The van der Waals surface area contributed by atoms with Crippen LogP contribution >= 0.6 is 0 Å². The molecule has 4 rings (SSSR count). The standard InChI is InChI=1S/C21H28F6N4O2/c1-13-7-17(31(28-13)16-5-3-2-4-6-16)12-29-8-14-10-30(11-15(14)9-29)19(32)33-18(20(22,23)24)21(25,26)27/h7,14-16,18H,2-6,8-12H2,1H3. The van der Waals surface area contributed by atoms with Gasteiger partial charge in [0, 0.05) is 32.7 Å². The number of aromatic nitrogens is 2. The predicted molar refractivity (Wildman–Crippen MR) is 105 cm³/mol. The van der Waals surface area contributed by atoms with Gasteiger partial charge in [0.1, 0.15) is 0 Å². The molecule has 3 heterocycles. The highest BCUT2D eigenvalue weighted by Crippen LogP contribution is 2.38. The average molecular weight is 482 g/mol. The molecule has 186 valence electrons. The van der Waals surface area contributed by atoms with E-state index in [9.17, 15) is 31.1 Å². The van der Waals surface area contributed by atoms with E-state index in [-0.39, 0.29) is 24.9 Å². The Morgan fingerprint density at radius 3 is 2.15 bits per heavy atom. The Labute approximate surface area is 187 Å². The highest BCUT2D eigenvalue weighted by molar-refractivity contribution is 5.68. The van der Waals surface area contributed by atoms with Crippen LogP contribution in [-0.2, 0) is 11.3 Å². The van der Waals surface area contributed by atoms with E-state index in [0.717, 1.165) is 29.1 Å². The Kier molecular flexibility index (Phi) is 6.58. The molecule has 1 aromatic rings. The summed E-state index contributed by atoms with van der Waals surface area (Å²) in [5.41, 5.74) is 2.07. The number of amides is 1. The van der Waals surface area contributed by atoms with E-state index in [1.54, 1.807) is 0 Å². The third kappa shape index (κ3) is 5.41. The van der Waals surface area contributed by atoms with Gasteiger partial charge >= 0.3 is 18.4 Å². The Morgan fingerprint density at radius 1 is 1.03 bits per heavy atom. The van der Waals surface area contributed by atoms with Crippen LogP contribution in [0.15, 0.2) is 6.07 Å². The van der Waals surface area contributed by atoms with Crippen molar-refractivity contribution in [3.05, 3.63) is 17.5 Å². The number of carbonyl (C=O) groups is 1. The molecule has 3 fully saturated rings. The second-order valence-corrected chi connectivity index (χ2v) is 9.48. The van der Waals surface area contributed by atoms with Crippen LogP contribution in [-0.4, -0.2) is 70.3 Å². The van der Waals surface area contributed by atoms with Gasteiger partial charge in [-0.05, 0) is 37.7 Å². The summed E-state index contributed by atoms with van der Waals surface area (Å²) in [7, 11) is 0. The molecule has 0 N–H and O–H groups in total. The maximum Gasteiger partial charge on any atom is 0.434 e. The highest BCUT2D eigenvalue weighted by atomic mass is 19.4.